The van der Waals surface area contributed by atoms with E-state index in [1.165, 1.54) is 87.6 Å². The van der Waals surface area contributed by atoms with E-state index in [0.717, 1.165) is 0 Å². The first-order chi connectivity index (χ1) is 19.8. The van der Waals surface area contributed by atoms with E-state index in [2.05, 4.69) is 146 Å². The van der Waals surface area contributed by atoms with Crippen LogP contribution in [-0.2, 0) is 0 Å². The van der Waals surface area contributed by atoms with Crippen LogP contribution in [0.5, 0.6) is 0 Å². The zero-order chi connectivity index (χ0) is 26.2. The Bertz CT molecular complexity index is 2290. The van der Waals surface area contributed by atoms with Gasteiger partial charge in [0.1, 0.15) is 0 Å². The van der Waals surface area contributed by atoms with Crippen molar-refractivity contribution < 1.29 is 0 Å². The van der Waals surface area contributed by atoms with E-state index in [4.69, 9.17) is 0 Å². The van der Waals surface area contributed by atoms with E-state index in [1.807, 2.05) is 0 Å². The highest BCUT2D eigenvalue weighted by Crippen LogP contribution is 2.51. The SMILES string of the molecule is c1ccc(-c2ccc3c(ccc4c5cc6c(cc5ccc34)-c3ccc(-c4ccccc4)c4cccc-6c34)c2)cc1. The lowest BCUT2D eigenvalue weighted by Crippen LogP contribution is -1.85. The molecule has 1 aliphatic rings. The van der Waals surface area contributed by atoms with Gasteiger partial charge in [-0.1, -0.05) is 127 Å². The fraction of sp³-hybridized carbons (Fsp3) is 0. The molecule has 0 bridgehead atoms. The van der Waals surface area contributed by atoms with E-state index in [-0.39, 0.29) is 0 Å². The lowest BCUT2D eigenvalue weighted by molar-refractivity contribution is 1.65. The summed E-state index contributed by atoms with van der Waals surface area (Å²) in [6.45, 7) is 0. The Morgan fingerprint density at radius 1 is 0.250 bits per heavy atom. The molecule has 0 saturated carbocycles. The van der Waals surface area contributed by atoms with Crippen molar-refractivity contribution in [2.45, 2.75) is 0 Å². The van der Waals surface area contributed by atoms with Gasteiger partial charge in [-0.05, 0) is 106 Å². The second-order valence-corrected chi connectivity index (χ2v) is 10.9. The van der Waals surface area contributed by atoms with Crippen molar-refractivity contribution in [2.24, 2.45) is 0 Å². The molecule has 0 heterocycles. The predicted octanol–water partition coefficient (Wildman–Crippen LogP) is 11.3. The molecule has 40 heavy (non-hydrogen) atoms. The van der Waals surface area contributed by atoms with Gasteiger partial charge in [0.15, 0.2) is 0 Å². The summed E-state index contributed by atoms with van der Waals surface area (Å²) in [4.78, 5) is 0. The third-order valence-electron chi connectivity index (χ3n) is 8.78. The molecular formula is C40H24. The summed E-state index contributed by atoms with van der Waals surface area (Å²) < 4.78 is 0. The van der Waals surface area contributed by atoms with Crippen LogP contribution in [0.4, 0.5) is 0 Å². The highest BCUT2D eigenvalue weighted by atomic mass is 14.3. The molecule has 0 N–H and O–H groups in total. The molecule has 0 fully saturated rings. The summed E-state index contributed by atoms with van der Waals surface area (Å²) in [5, 5.41) is 10.5. The van der Waals surface area contributed by atoms with Crippen LogP contribution < -0.4 is 0 Å². The van der Waals surface area contributed by atoms with E-state index < -0.39 is 0 Å². The van der Waals surface area contributed by atoms with Crippen LogP contribution in [0.25, 0.3) is 87.6 Å². The van der Waals surface area contributed by atoms with E-state index in [9.17, 15) is 0 Å². The monoisotopic (exact) mass is 504 g/mol. The Balaban J connectivity index is 1.27. The average Bonchev–Trinajstić information content (AvgIpc) is 3.34. The molecular weight excluding hydrogens is 480 g/mol. The van der Waals surface area contributed by atoms with Crippen LogP contribution in [0.3, 0.4) is 0 Å². The highest BCUT2D eigenvalue weighted by Gasteiger charge is 2.23. The molecule has 1 aliphatic carbocycles. The second-order valence-electron chi connectivity index (χ2n) is 10.9. The zero-order valence-electron chi connectivity index (χ0n) is 21.9. The first-order valence-corrected chi connectivity index (χ1v) is 13.9. The van der Waals surface area contributed by atoms with Crippen molar-refractivity contribution in [3.8, 4) is 44.5 Å². The third kappa shape index (κ3) is 3.02. The quantitative estimate of drug-likeness (QED) is 0.205. The Labute approximate surface area is 232 Å². The first kappa shape index (κ1) is 21.7. The van der Waals surface area contributed by atoms with Gasteiger partial charge in [0, 0.05) is 0 Å². The average molecular weight is 505 g/mol. The van der Waals surface area contributed by atoms with Crippen LogP contribution in [0.15, 0.2) is 146 Å². The van der Waals surface area contributed by atoms with Crippen molar-refractivity contribution >= 4 is 43.1 Å². The third-order valence-corrected chi connectivity index (χ3v) is 8.78. The number of rotatable bonds is 2. The van der Waals surface area contributed by atoms with Crippen LogP contribution in [-0.4, -0.2) is 0 Å². The van der Waals surface area contributed by atoms with Crippen molar-refractivity contribution in [1.29, 1.82) is 0 Å². The lowest BCUT2D eigenvalue weighted by Gasteiger charge is -2.12. The molecule has 0 heteroatoms. The van der Waals surface area contributed by atoms with Crippen LogP contribution in [0.2, 0.25) is 0 Å². The van der Waals surface area contributed by atoms with E-state index in [1.54, 1.807) is 0 Å². The maximum atomic E-state index is 2.44. The molecule has 0 nitrogen and oxygen atoms in total. The standard InChI is InChI=1S/C40H24/c1-3-8-25(9-4-1)27-14-17-31-28(22-27)15-19-33-32(31)18-16-29-23-38-36-21-20-30(26-10-5-2-6-11-26)34-12-7-13-35(40(34)36)39(38)24-37(29)33/h1-24H. The summed E-state index contributed by atoms with van der Waals surface area (Å²) in [6, 6.07) is 53.7. The number of hydrogen-bond acceptors (Lipinski definition) is 0. The molecule has 0 amide bonds. The Morgan fingerprint density at radius 2 is 0.875 bits per heavy atom. The molecule has 9 rings (SSSR count). The minimum absolute atomic E-state index is 1.25. The van der Waals surface area contributed by atoms with Gasteiger partial charge in [-0.25, -0.2) is 0 Å². The van der Waals surface area contributed by atoms with Gasteiger partial charge < -0.3 is 0 Å². The topological polar surface area (TPSA) is 0 Å². The van der Waals surface area contributed by atoms with Gasteiger partial charge in [0.05, 0.1) is 0 Å². The molecule has 0 atom stereocenters. The number of benzene rings is 8. The van der Waals surface area contributed by atoms with Gasteiger partial charge in [0.25, 0.3) is 0 Å². The molecule has 8 aromatic rings. The molecule has 0 radical (unpaired) electrons. The highest BCUT2D eigenvalue weighted by molar-refractivity contribution is 6.23. The van der Waals surface area contributed by atoms with Gasteiger partial charge in [-0.2, -0.15) is 0 Å². The van der Waals surface area contributed by atoms with Crippen molar-refractivity contribution in [2.75, 3.05) is 0 Å². The summed E-state index contributed by atoms with van der Waals surface area (Å²) in [7, 11) is 0. The Hall–Kier alpha value is -5.20. The molecule has 0 saturated heterocycles. The summed E-state index contributed by atoms with van der Waals surface area (Å²) >= 11 is 0. The first-order valence-electron chi connectivity index (χ1n) is 13.9. The second kappa shape index (κ2) is 8.15. The normalized spacial score (nSPS) is 12.0. The fourth-order valence-corrected chi connectivity index (χ4v) is 6.91. The van der Waals surface area contributed by atoms with Crippen LogP contribution >= 0.6 is 0 Å². The maximum Gasteiger partial charge on any atom is -0.00201 e. The molecule has 0 unspecified atom stereocenters. The van der Waals surface area contributed by atoms with Gasteiger partial charge >= 0.3 is 0 Å². The van der Waals surface area contributed by atoms with Crippen LogP contribution in [0.1, 0.15) is 0 Å². The largest absolute Gasteiger partial charge is 0.0622 e. The minimum Gasteiger partial charge on any atom is -0.0622 e. The fourth-order valence-electron chi connectivity index (χ4n) is 6.91. The van der Waals surface area contributed by atoms with Gasteiger partial charge in [-0.3, -0.25) is 0 Å². The van der Waals surface area contributed by atoms with Gasteiger partial charge in [0.2, 0.25) is 0 Å². The minimum atomic E-state index is 1.25. The lowest BCUT2D eigenvalue weighted by atomic mass is 9.92. The van der Waals surface area contributed by atoms with Gasteiger partial charge in [-0.15, -0.1) is 0 Å². The summed E-state index contributed by atoms with van der Waals surface area (Å²) in [5.74, 6) is 0. The zero-order valence-corrected chi connectivity index (χ0v) is 21.9. The Morgan fingerprint density at radius 3 is 1.68 bits per heavy atom. The van der Waals surface area contributed by atoms with E-state index in [0.29, 0.717) is 0 Å². The molecule has 8 aromatic carbocycles. The molecule has 0 aromatic heterocycles. The van der Waals surface area contributed by atoms with Crippen LogP contribution in [0, 0.1) is 0 Å². The number of hydrogen-bond donors (Lipinski definition) is 0. The molecule has 184 valence electrons. The van der Waals surface area contributed by atoms with Crippen molar-refractivity contribution in [3.63, 3.8) is 0 Å². The predicted molar refractivity (Wildman–Crippen MR) is 172 cm³/mol. The maximum absolute atomic E-state index is 2.44. The van der Waals surface area contributed by atoms with Crippen molar-refractivity contribution in [1.82, 2.24) is 0 Å². The van der Waals surface area contributed by atoms with E-state index >= 15 is 0 Å². The van der Waals surface area contributed by atoms with Crippen molar-refractivity contribution in [3.05, 3.63) is 146 Å². The molecule has 0 aliphatic heterocycles. The smallest absolute Gasteiger partial charge is 0.00201 e. The summed E-state index contributed by atoms with van der Waals surface area (Å²) in [5.41, 5.74) is 10.4. The molecule has 0 spiro atoms. The summed E-state index contributed by atoms with van der Waals surface area (Å²) in [6.07, 6.45) is 0. The Kier molecular flexibility index (Phi) is 4.42. The number of fused-ring (bicyclic) bond motifs is 8.